The molecule has 0 spiro atoms. The van der Waals surface area contributed by atoms with E-state index in [0.29, 0.717) is 0 Å². The lowest BCUT2D eigenvalue weighted by Crippen LogP contribution is -2.14. The van der Waals surface area contributed by atoms with Gasteiger partial charge < -0.3 is 10.4 Å². The Hall–Kier alpha value is -0.510. The Morgan fingerprint density at radius 3 is 2.60 bits per heavy atom. The average Bonchev–Trinajstić information content (AvgIpc) is 2.97. The quantitative estimate of drug-likeness (QED) is 0.715. The molecule has 1 aromatic rings. The molecule has 3 heteroatoms. The molecule has 1 unspecified atom stereocenters. The molecule has 0 amide bonds. The molecule has 1 aliphatic rings. The number of hydrogen-bond acceptors (Lipinski definition) is 3. The zero-order valence-electron chi connectivity index (χ0n) is 12.5. The summed E-state index contributed by atoms with van der Waals surface area (Å²) in [6.45, 7) is 4.06. The van der Waals surface area contributed by atoms with Crippen molar-refractivity contribution >= 4 is 11.8 Å². The van der Waals surface area contributed by atoms with E-state index < -0.39 is 0 Å². The third kappa shape index (κ3) is 5.47. The Morgan fingerprint density at radius 1 is 1.25 bits per heavy atom. The van der Waals surface area contributed by atoms with Gasteiger partial charge in [-0.1, -0.05) is 44.7 Å². The zero-order chi connectivity index (χ0) is 14.2. The molecule has 112 valence electrons. The Kier molecular flexibility index (Phi) is 6.91. The predicted octanol–water partition coefficient (Wildman–Crippen LogP) is 3.83. The molecule has 0 aromatic heterocycles. The molecule has 0 radical (unpaired) electrons. The van der Waals surface area contributed by atoms with Crippen molar-refractivity contribution in [1.82, 2.24) is 5.32 Å². The molecule has 2 nitrogen and oxygen atoms in total. The van der Waals surface area contributed by atoms with Crippen molar-refractivity contribution in [3.63, 3.8) is 0 Å². The Labute approximate surface area is 127 Å². The highest BCUT2D eigenvalue weighted by atomic mass is 32.2. The van der Waals surface area contributed by atoms with Crippen molar-refractivity contribution in [3.05, 3.63) is 29.8 Å². The number of nitrogens with one attached hydrogen (secondary N) is 1. The molecule has 1 saturated carbocycles. The van der Waals surface area contributed by atoms with Crippen LogP contribution >= 0.6 is 11.8 Å². The second kappa shape index (κ2) is 8.71. The molecule has 1 atom stereocenters. The Balaban J connectivity index is 1.69. The minimum Gasteiger partial charge on any atom is -0.392 e. The molecule has 0 saturated heterocycles. The van der Waals surface area contributed by atoms with Gasteiger partial charge >= 0.3 is 0 Å². The number of aliphatic hydroxyl groups is 1. The van der Waals surface area contributed by atoms with E-state index >= 15 is 0 Å². The fourth-order valence-electron chi connectivity index (χ4n) is 2.86. The number of hydrogen-bond donors (Lipinski definition) is 2. The van der Waals surface area contributed by atoms with Crippen LogP contribution in [0.5, 0.6) is 0 Å². The smallest absolute Gasteiger partial charge is 0.0636 e. The number of benzene rings is 1. The van der Waals surface area contributed by atoms with E-state index in [9.17, 15) is 5.11 Å². The summed E-state index contributed by atoms with van der Waals surface area (Å²) in [7, 11) is 0. The van der Waals surface area contributed by atoms with Gasteiger partial charge in [0.25, 0.3) is 0 Å². The van der Waals surface area contributed by atoms with E-state index in [0.717, 1.165) is 31.2 Å². The van der Waals surface area contributed by atoms with E-state index in [1.807, 2.05) is 0 Å². The topological polar surface area (TPSA) is 32.3 Å². The summed E-state index contributed by atoms with van der Waals surface area (Å²) in [6, 6.07) is 8.68. The fourth-order valence-corrected chi connectivity index (χ4v) is 3.71. The van der Waals surface area contributed by atoms with Crippen LogP contribution < -0.4 is 5.32 Å². The molecular weight excluding hydrogens is 266 g/mol. The molecule has 20 heavy (non-hydrogen) atoms. The first-order valence-electron chi connectivity index (χ1n) is 7.88. The fraction of sp³-hybridized carbons (Fsp3) is 0.647. The lowest BCUT2D eigenvalue weighted by Gasteiger charge is -2.15. The lowest BCUT2D eigenvalue weighted by atomic mass is 10.0. The minimum absolute atomic E-state index is 0.149. The highest BCUT2D eigenvalue weighted by Gasteiger charge is 2.18. The molecule has 0 heterocycles. The molecule has 1 fully saturated rings. The lowest BCUT2D eigenvalue weighted by molar-refractivity contribution is 0.166. The number of rotatable bonds is 8. The normalized spacial score (nSPS) is 17.5. The molecule has 2 rings (SSSR count). The van der Waals surface area contributed by atoms with Crippen LogP contribution in [0.3, 0.4) is 0 Å². The van der Waals surface area contributed by atoms with Crippen LogP contribution in [0.25, 0.3) is 0 Å². The summed E-state index contributed by atoms with van der Waals surface area (Å²) < 4.78 is 0. The van der Waals surface area contributed by atoms with Gasteiger partial charge in [0.05, 0.1) is 6.10 Å². The maximum Gasteiger partial charge on any atom is 0.0636 e. The third-order valence-electron chi connectivity index (χ3n) is 4.03. The Morgan fingerprint density at radius 2 is 1.95 bits per heavy atom. The second-order valence-electron chi connectivity index (χ2n) is 5.78. The van der Waals surface area contributed by atoms with Gasteiger partial charge in [0.15, 0.2) is 0 Å². The predicted molar refractivity (Wildman–Crippen MR) is 87.1 cm³/mol. The molecule has 1 aromatic carbocycles. The van der Waals surface area contributed by atoms with Crippen molar-refractivity contribution in [3.8, 4) is 0 Å². The van der Waals surface area contributed by atoms with Crippen LogP contribution in [-0.4, -0.2) is 23.5 Å². The van der Waals surface area contributed by atoms with Crippen molar-refractivity contribution < 1.29 is 5.11 Å². The van der Waals surface area contributed by atoms with E-state index in [-0.39, 0.29) is 6.10 Å². The van der Waals surface area contributed by atoms with Gasteiger partial charge in [-0.25, -0.2) is 0 Å². The van der Waals surface area contributed by atoms with Gasteiger partial charge in [-0.3, -0.25) is 0 Å². The van der Waals surface area contributed by atoms with Crippen LogP contribution in [0, 0.1) is 5.92 Å². The summed E-state index contributed by atoms with van der Waals surface area (Å²) >= 11 is 1.77. The summed E-state index contributed by atoms with van der Waals surface area (Å²) in [5, 5.41) is 13.4. The van der Waals surface area contributed by atoms with Crippen molar-refractivity contribution in [1.29, 1.82) is 0 Å². The largest absolute Gasteiger partial charge is 0.392 e. The first-order valence-corrected chi connectivity index (χ1v) is 8.87. The maximum atomic E-state index is 10.1. The third-order valence-corrected chi connectivity index (χ3v) is 5.18. The van der Waals surface area contributed by atoms with Gasteiger partial charge in [0.2, 0.25) is 0 Å². The van der Waals surface area contributed by atoms with Gasteiger partial charge in [0, 0.05) is 17.2 Å². The molecular formula is C17H27NOS. The maximum absolute atomic E-state index is 10.1. The van der Waals surface area contributed by atoms with E-state index in [1.165, 1.54) is 36.1 Å². The van der Waals surface area contributed by atoms with Gasteiger partial charge in [-0.15, -0.1) is 11.8 Å². The van der Waals surface area contributed by atoms with E-state index in [4.69, 9.17) is 0 Å². The summed E-state index contributed by atoms with van der Waals surface area (Å²) in [5.74, 6) is 1.59. The summed E-state index contributed by atoms with van der Waals surface area (Å²) in [5.41, 5.74) is 1.32. The van der Waals surface area contributed by atoms with Gasteiger partial charge in [-0.2, -0.15) is 0 Å². The SMILES string of the molecule is CCNCc1ccc(SCC(O)CC2CCCC2)cc1. The van der Waals surface area contributed by atoms with Crippen LogP contribution in [-0.2, 0) is 6.54 Å². The van der Waals surface area contributed by atoms with Crippen LogP contribution in [0.1, 0.15) is 44.6 Å². The van der Waals surface area contributed by atoms with Crippen LogP contribution in [0.4, 0.5) is 0 Å². The molecule has 0 bridgehead atoms. The highest BCUT2D eigenvalue weighted by molar-refractivity contribution is 7.99. The van der Waals surface area contributed by atoms with E-state index in [2.05, 4.69) is 36.5 Å². The van der Waals surface area contributed by atoms with Gasteiger partial charge in [-0.05, 0) is 36.6 Å². The minimum atomic E-state index is -0.149. The molecule has 1 aliphatic carbocycles. The number of thioether (sulfide) groups is 1. The van der Waals surface area contributed by atoms with Gasteiger partial charge in [0.1, 0.15) is 0 Å². The van der Waals surface area contributed by atoms with E-state index in [1.54, 1.807) is 11.8 Å². The first-order chi connectivity index (χ1) is 9.78. The van der Waals surface area contributed by atoms with Crippen molar-refractivity contribution in [2.24, 2.45) is 5.92 Å². The Bertz CT molecular complexity index is 373. The summed E-state index contributed by atoms with van der Waals surface area (Å²) in [4.78, 5) is 1.26. The monoisotopic (exact) mass is 293 g/mol. The standard InChI is InChI=1S/C17H27NOS/c1-2-18-12-15-7-9-17(10-8-15)20-13-16(19)11-14-5-3-4-6-14/h7-10,14,16,18-19H,2-6,11-13H2,1H3. The van der Waals surface area contributed by atoms with Crippen molar-refractivity contribution in [2.75, 3.05) is 12.3 Å². The highest BCUT2D eigenvalue weighted by Crippen LogP contribution is 2.30. The van der Waals surface area contributed by atoms with Crippen molar-refractivity contribution in [2.45, 2.75) is 56.6 Å². The first kappa shape index (κ1) is 15.9. The summed E-state index contributed by atoms with van der Waals surface area (Å²) in [6.07, 6.45) is 6.20. The average molecular weight is 293 g/mol. The molecule has 0 aliphatic heterocycles. The second-order valence-corrected chi connectivity index (χ2v) is 6.87. The zero-order valence-corrected chi connectivity index (χ0v) is 13.3. The number of aliphatic hydroxyl groups excluding tert-OH is 1. The molecule has 2 N–H and O–H groups in total. The van der Waals surface area contributed by atoms with Crippen LogP contribution in [0.15, 0.2) is 29.2 Å². The van der Waals surface area contributed by atoms with Crippen LogP contribution in [0.2, 0.25) is 0 Å².